The van der Waals surface area contributed by atoms with Gasteiger partial charge in [-0.2, -0.15) is 4.31 Å². The zero-order valence-electron chi connectivity index (χ0n) is 14.9. The first-order valence-corrected chi connectivity index (χ1v) is 11.3. The minimum absolute atomic E-state index is 0.0385. The van der Waals surface area contributed by atoms with Gasteiger partial charge in [-0.1, -0.05) is 0 Å². The molecule has 0 radical (unpaired) electrons. The van der Waals surface area contributed by atoms with E-state index in [2.05, 4.69) is 10.0 Å². The van der Waals surface area contributed by atoms with Gasteiger partial charge in [0.15, 0.2) is 0 Å². The monoisotopic (exact) mass is 405 g/mol. The lowest BCUT2D eigenvalue weighted by Gasteiger charge is -2.31. The summed E-state index contributed by atoms with van der Waals surface area (Å²) in [5.74, 6) is 0.0146. The Labute approximate surface area is 153 Å². The van der Waals surface area contributed by atoms with Crippen LogP contribution in [0.4, 0.5) is 5.69 Å². The lowest BCUT2D eigenvalue weighted by atomic mass is 10.1. The van der Waals surface area contributed by atoms with E-state index in [1.807, 2.05) is 0 Å². The number of nitrogens with zero attached hydrogens (tertiary/aromatic N) is 1. The van der Waals surface area contributed by atoms with Crippen molar-refractivity contribution in [2.45, 2.75) is 30.7 Å². The highest BCUT2D eigenvalue weighted by Gasteiger charge is 2.30. The van der Waals surface area contributed by atoms with Crippen molar-refractivity contribution >= 4 is 31.6 Å². The number of hydrogen-bond acceptors (Lipinski definition) is 6. The number of carbonyl (C=O) groups excluding carboxylic acids is 1. The molecular weight excluding hydrogens is 382 g/mol. The third kappa shape index (κ3) is 5.16. The van der Waals surface area contributed by atoms with Gasteiger partial charge in [-0.3, -0.25) is 4.79 Å². The van der Waals surface area contributed by atoms with E-state index in [-0.39, 0.29) is 35.6 Å². The van der Waals surface area contributed by atoms with Crippen LogP contribution in [-0.2, 0) is 24.8 Å². The number of anilines is 1. The predicted molar refractivity (Wildman–Crippen MR) is 97.1 cm³/mol. The van der Waals surface area contributed by atoms with Crippen LogP contribution in [0, 0.1) is 0 Å². The van der Waals surface area contributed by atoms with Gasteiger partial charge in [-0.05, 0) is 31.0 Å². The molecule has 11 heteroatoms. The van der Waals surface area contributed by atoms with Crippen LogP contribution in [-0.4, -0.2) is 59.5 Å². The van der Waals surface area contributed by atoms with E-state index in [9.17, 15) is 21.6 Å². The Kier molecular flexibility index (Phi) is 6.27. The van der Waals surface area contributed by atoms with Crippen LogP contribution in [0.2, 0.25) is 0 Å². The molecule has 1 amide bonds. The number of carbonyl (C=O) groups is 1. The number of methoxy groups -OCH3 is 1. The summed E-state index contributed by atoms with van der Waals surface area (Å²) in [6.45, 7) is 1.73. The van der Waals surface area contributed by atoms with Gasteiger partial charge in [0.2, 0.25) is 26.0 Å². The van der Waals surface area contributed by atoms with Crippen LogP contribution >= 0.6 is 0 Å². The molecule has 1 heterocycles. The molecule has 2 N–H and O–H groups in total. The molecule has 26 heavy (non-hydrogen) atoms. The molecule has 1 aromatic rings. The Morgan fingerprint density at radius 3 is 2.31 bits per heavy atom. The number of hydrogen-bond donors (Lipinski definition) is 2. The van der Waals surface area contributed by atoms with Crippen molar-refractivity contribution in [3.8, 4) is 5.75 Å². The molecule has 1 fully saturated rings. The number of ether oxygens (including phenoxy) is 1. The van der Waals surface area contributed by atoms with Gasteiger partial charge in [-0.25, -0.2) is 21.6 Å². The standard InChI is InChI=1S/C15H23N3O6S2/c1-11(19)16-14-10-13(4-5-15(14)24-2)26(22,23)18-8-6-12(7-9-18)17-25(3,20)21/h4-5,10,12,17H,6-9H2,1-3H3,(H,16,19). The lowest BCUT2D eigenvalue weighted by Crippen LogP contribution is -2.46. The van der Waals surface area contributed by atoms with Gasteiger partial charge in [0.1, 0.15) is 5.75 Å². The Morgan fingerprint density at radius 1 is 1.19 bits per heavy atom. The van der Waals surface area contributed by atoms with Crippen molar-refractivity contribution in [3.63, 3.8) is 0 Å². The van der Waals surface area contributed by atoms with Gasteiger partial charge < -0.3 is 10.1 Å². The Morgan fingerprint density at radius 2 is 1.81 bits per heavy atom. The summed E-state index contributed by atoms with van der Waals surface area (Å²) < 4.78 is 57.2. The Balaban J connectivity index is 2.19. The highest BCUT2D eigenvalue weighted by molar-refractivity contribution is 7.89. The molecule has 146 valence electrons. The molecule has 1 aromatic carbocycles. The van der Waals surface area contributed by atoms with E-state index in [0.29, 0.717) is 18.6 Å². The van der Waals surface area contributed by atoms with Gasteiger partial charge >= 0.3 is 0 Å². The molecule has 1 aliphatic heterocycles. The molecule has 0 saturated carbocycles. The summed E-state index contributed by atoms with van der Waals surface area (Å²) in [4.78, 5) is 11.4. The zero-order chi connectivity index (χ0) is 19.5. The van der Waals surface area contributed by atoms with Crippen molar-refractivity contribution in [2.75, 3.05) is 31.8 Å². The zero-order valence-corrected chi connectivity index (χ0v) is 16.5. The molecule has 0 bridgehead atoms. The quantitative estimate of drug-likeness (QED) is 0.704. The van der Waals surface area contributed by atoms with Crippen molar-refractivity contribution in [2.24, 2.45) is 0 Å². The maximum Gasteiger partial charge on any atom is 0.243 e. The summed E-state index contributed by atoms with van der Waals surface area (Å²) in [7, 11) is -5.66. The van der Waals surface area contributed by atoms with E-state index < -0.39 is 20.0 Å². The van der Waals surface area contributed by atoms with Crippen molar-refractivity contribution < 1.29 is 26.4 Å². The molecule has 1 aliphatic rings. The van der Waals surface area contributed by atoms with Crippen LogP contribution in [0.5, 0.6) is 5.75 Å². The van der Waals surface area contributed by atoms with Gasteiger partial charge in [-0.15, -0.1) is 0 Å². The summed E-state index contributed by atoms with van der Waals surface area (Å²) in [6.07, 6.45) is 1.86. The van der Waals surface area contributed by atoms with E-state index in [1.165, 1.54) is 36.5 Å². The fourth-order valence-electron chi connectivity index (χ4n) is 2.80. The smallest absolute Gasteiger partial charge is 0.243 e. The molecule has 0 unspecified atom stereocenters. The number of amides is 1. The first-order valence-electron chi connectivity index (χ1n) is 7.96. The largest absolute Gasteiger partial charge is 0.495 e. The summed E-state index contributed by atoms with van der Waals surface area (Å²) >= 11 is 0. The third-order valence-electron chi connectivity index (χ3n) is 3.95. The minimum atomic E-state index is -3.76. The second kappa shape index (κ2) is 7.91. The van der Waals surface area contributed by atoms with Gasteiger partial charge in [0.05, 0.1) is 23.9 Å². The van der Waals surface area contributed by atoms with Crippen molar-refractivity contribution in [3.05, 3.63) is 18.2 Å². The Hall–Kier alpha value is -1.69. The number of nitrogens with one attached hydrogen (secondary N) is 2. The number of rotatable bonds is 6. The van der Waals surface area contributed by atoms with Crippen molar-refractivity contribution in [1.29, 1.82) is 0 Å². The molecular formula is C15H23N3O6S2. The fraction of sp³-hybridized carbons (Fsp3) is 0.533. The van der Waals surface area contributed by atoms with Crippen LogP contribution < -0.4 is 14.8 Å². The summed E-state index contributed by atoms with van der Waals surface area (Å²) in [6, 6.07) is 3.98. The summed E-state index contributed by atoms with van der Waals surface area (Å²) in [5, 5.41) is 2.55. The van der Waals surface area contributed by atoms with Gasteiger partial charge in [0, 0.05) is 26.1 Å². The lowest BCUT2D eigenvalue weighted by molar-refractivity contribution is -0.114. The van der Waals surface area contributed by atoms with Crippen LogP contribution in [0.3, 0.4) is 0 Å². The van der Waals surface area contributed by atoms with E-state index in [4.69, 9.17) is 4.74 Å². The number of sulfonamides is 2. The second-order valence-electron chi connectivity index (χ2n) is 6.11. The SMILES string of the molecule is COc1ccc(S(=O)(=O)N2CCC(NS(C)(=O)=O)CC2)cc1NC(C)=O. The predicted octanol–water partition coefficient (Wildman–Crippen LogP) is 0.356. The maximum atomic E-state index is 12.9. The molecule has 0 aromatic heterocycles. The average molecular weight is 405 g/mol. The Bertz CT molecular complexity index is 875. The van der Waals surface area contributed by atoms with Crippen LogP contribution in [0.1, 0.15) is 19.8 Å². The number of piperidine rings is 1. The minimum Gasteiger partial charge on any atom is -0.495 e. The number of benzene rings is 1. The van der Waals surface area contributed by atoms with E-state index >= 15 is 0 Å². The van der Waals surface area contributed by atoms with Crippen molar-refractivity contribution in [1.82, 2.24) is 9.03 Å². The molecule has 1 saturated heterocycles. The summed E-state index contributed by atoms with van der Waals surface area (Å²) in [5.41, 5.74) is 0.273. The van der Waals surface area contributed by atoms with Crippen LogP contribution in [0.25, 0.3) is 0 Å². The second-order valence-corrected chi connectivity index (χ2v) is 9.83. The fourth-order valence-corrected chi connectivity index (χ4v) is 5.14. The first kappa shape index (κ1) is 20.6. The third-order valence-corrected chi connectivity index (χ3v) is 6.61. The molecule has 9 nitrogen and oxygen atoms in total. The molecule has 0 atom stereocenters. The van der Waals surface area contributed by atoms with Gasteiger partial charge in [0.25, 0.3) is 0 Å². The highest BCUT2D eigenvalue weighted by atomic mass is 32.2. The molecule has 2 rings (SSSR count). The topological polar surface area (TPSA) is 122 Å². The van der Waals surface area contributed by atoms with E-state index in [1.54, 1.807) is 0 Å². The normalized spacial score (nSPS) is 17.0. The van der Waals surface area contributed by atoms with E-state index in [0.717, 1.165) is 6.26 Å². The average Bonchev–Trinajstić information content (AvgIpc) is 2.53. The highest BCUT2D eigenvalue weighted by Crippen LogP contribution is 2.30. The molecule has 0 aliphatic carbocycles. The maximum absolute atomic E-state index is 12.9. The molecule has 0 spiro atoms. The first-order chi connectivity index (χ1) is 12.0. The van der Waals surface area contributed by atoms with Crippen LogP contribution in [0.15, 0.2) is 23.1 Å².